The Labute approximate surface area is 167 Å². The van der Waals surface area contributed by atoms with Gasteiger partial charge in [-0.1, -0.05) is 28.1 Å². The van der Waals surface area contributed by atoms with Gasteiger partial charge < -0.3 is 19.4 Å². The number of nitrogens with zero attached hydrogens (tertiary/aromatic N) is 1. The molecule has 0 fully saturated rings. The number of amides is 1. The van der Waals surface area contributed by atoms with E-state index in [1.165, 1.54) is 0 Å². The van der Waals surface area contributed by atoms with E-state index in [0.29, 0.717) is 12.3 Å². The summed E-state index contributed by atoms with van der Waals surface area (Å²) in [7, 11) is 3.98. The molecule has 2 aromatic carbocycles. The van der Waals surface area contributed by atoms with Crippen LogP contribution in [-0.4, -0.2) is 20.0 Å². The second-order valence-corrected chi connectivity index (χ2v) is 7.17. The number of anilines is 1. The number of carbonyl (C=O) groups excluding carboxylic acids is 1. The highest BCUT2D eigenvalue weighted by molar-refractivity contribution is 9.10. The molecule has 0 saturated heterocycles. The maximum Gasteiger partial charge on any atom is 0.287 e. The molecule has 0 aliphatic carbocycles. The van der Waals surface area contributed by atoms with Crippen molar-refractivity contribution in [3.8, 4) is 5.75 Å². The van der Waals surface area contributed by atoms with Crippen LogP contribution in [-0.2, 0) is 13.2 Å². The quantitative estimate of drug-likeness (QED) is 0.596. The third-order valence-electron chi connectivity index (χ3n) is 3.99. The first-order valence-corrected chi connectivity index (χ1v) is 9.32. The van der Waals surface area contributed by atoms with Gasteiger partial charge in [0.15, 0.2) is 5.76 Å². The molecule has 0 saturated carbocycles. The minimum atomic E-state index is -0.249. The van der Waals surface area contributed by atoms with Crippen molar-refractivity contribution in [2.24, 2.45) is 0 Å². The van der Waals surface area contributed by atoms with Crippen LogP contribution in [0.15, 0.2) is 69.6 Å². The van der Waals surface area contributed by atoms with Crippen molar-refractivity contribution in [3.63, 3.8) is 0 Å². The molecule has 0 aliphatic rings. The van der Waals surface area contributed by atoms with Crippen LogP contribution in [0.3, 0.4) is 0 Å². The Bertz CT molecular complexity index is 887. The standard InChI is InChI=1S/C21H21BrN2O3/c1-24(2)17-7-3-15(4-8-17)13-23-21(25)20-12-11-19(27-20)14-26-18-9-5-16(22)6-10-18/h3-12H,13-14H2,1-2H3,(H,23,25). The number of furan rings is 1. The zero-order valence-electron chi connectivity index (χ0n) is 15.2. The molecule has 6 heteroatoms. The molecule has 140 valence electrons. The fraction of sp³-hybridized carbons (Fsp3) is 0.190. The summed E-state index contributed by atoms with van der Waals surface area (Å²) in [5.41, 5.74) is 2.14. The lowest BCUT2D eigenvalue weighted by molar-refractivity contribution is 0.0919. The van der Waals surface area contributed by atoms with Crippen LogP contribution >= 0.6 is 15.9 Å². The molecule has 5 nitrogen and oxygen atoms in total. The van der Waals surface area contributed by atoms with E-state index in [9.17, 15) is 4.79 Å². The summed E-state index contributed by atoms with van der Waals surface area (Å²) in [5.74, 6) is 1.36. The number of hydrogen-bond donors (Lipinski definition) is 1. The molecule has 0 bridgehead atoms. The van der Waals surface area contributed by atoms with Crippen molar-refractivity contribution in [1.29, 1.82) is 0 Å². The van der Waals surface area contributed by atoms with Crippen molar-refractivity contribution >= 4 is 27.5 Å². The van der Waals surface area contributed by atoms with Gasteiger partial charge in [-0.3, -0.25) is 4.79 Å². The molecular formula is C21H21BrN2O3. The lowest BCUT2D eigenvalue weighted by atomic mass is 10.2. The molecule has 0 aliphatic heterocycles. The lowest BCUT2D eigenvalue weighted by Crippen LogP contribution is -2.22. The van der Waals surface area contributed by atoms with E-state index in [0.717, 1.165) is 21.5 Å². The molecule has 1 amide bonds. The average molecular weight is 429 g/mol. The molecule has 1 aromatic heterocycles. The van der Waals surface area contributed by atoms with Crippen LogP contribution in [0.1, 0.15) is 21.9 Å². The Kier molecular flexibility index (Phi) is 6.19. The van der Waals surface area contributed by atoms with Crippen LogP contribution in [0.2, 0.25) is 0 Å². The van der Waals surface area contributed by atoms with Gasteiger partial charge in [-0.15, -0.1) is 0 Å². The van der Waals surface area contributed by atoms with Gasteiger partial charge in [-0.2, -0.15) is 0 Å². The van der Waals surface area contributed by atoms with Crippen LogP contribution in [0.4, 0.5) is 5.69 Å². The summed E-state index contributed by atoms with van der Waals surface area (Å²) in [6.45, 7) is 0.707. The van der Waals surface area contributed by atoms with Crippen molar-refractivity contribution < 1.29 is 13.9 Å². The largest absolute Gasteiger partial charge is 0.486 e. The number of nitrogens with one attached hydrogen (secondary N) is 1. The zero-order valence-corrected chi connectivity index (χ0v) is 16.8. The third kappa shape index (κ3) is 5.37. The Hall–Kier alpha value is -2.73. The summed E-state index contributed by atoms with van der Waals surface area (Å²) in [4.78, 5) is 14.3. The highest BCUT2D eigenvalue weighted by atomic mass is 79.9. The molecule has 0 spiro atoms. The van der Waals surface area contributed by atoms with Gasteiger partial charge in [-0.25, -0.2) is 0 Å². The van der Waals surface area contributed by atoms with Crippen LogP contribution in [0, 0.1) is 0 Å². The number of rotatable bonds is 7. The Morgan fingerprint density at radius 3 is 2.41 bits per heavy atom. The predicted molar refractivity (Wildman–Crippen MR) is 109 cm³/mol. The zero-order chi connectivity index (χ0) is 19.2. The number of ether oxygens (including phenoxy) is 1. The summed E-state index contributed by atoms with van der Waals surface area (Å²) >= 11 is 3.38. The smallest absolute Gasteiger partial charge is 0.287 e. The lowest BCUT2D eigenvalue weighted by Gasteiger charge is -2.12. The highest BCUT2D eigenvalue weighted by Crippen LogP contribution is 2.18. The van der Waals surface area contributed by atoms with Gasteiger partial charge >= 0.3 is 0 Å². The predicted octanol–water partition coefficient (Wildman–Crippen LogP) is 4.62. The van der Waals surface area contributed by atoms with E-state index in [1.54, 1.807) is 12.1 Å². The maximum absolute atomic E-state index is 12.3. The monoisotopic (exact) mass is 428 g/mol. The molecule has 3 aromatic rings. The van der Waals surface area contributed by atoms with E-state index in [1.807, 2.05) is 67.5 Å². The normalized spacial score (nSPS) is 10.5. The van der Waals surface area contributed by atoms with Gasteiger partial charge in [0.05, 0.1) is 0 Å². The first-order valence-electron chi connectivity index (χ1n) is 8.53. The van der Waals surface area contributed by atoms with E-state index in [4.69, 9.17) is 9.15 Å². The van der Waals surface area contributed by atoms with Crippen molar-refractivity contribution in [3.05, 3.63) is 82.2 Å². The van der Waals surface area contributed by atoms with Gasteiger partial charge in [0.2, 0.25) is 0 Å². The Morgan fingerprint density at radius 1 is 1.04 bits per heavy atom. The Morgan fingerprint density at radius 2 is 1.74 bits per heavy atom. The first kappa shape index (κ1) is 19.0. The van der Waals surface area contributed by atoms with Crippen molar-refractivity contribution in [2.45, 2.75) is 13.2 Å². The second-order valence-electron chi connectivity index (χ2n) is 6.25. The average Bonchev–Trinajstić information content (AvgIpc) is 3.15. The van der Waals surface area contributed by atoms with Gasteiger partial charge in [-0.05, 0) is 54.1 Å². The number of halogens is 1. The molecule has 3 rings (SSSR count). The van der Waals surface area contributed by atoms with Crippen LogP contribution < -0.4 is 15.0 Å². The maximum atomic E-state index is 12.3. The van der Waals surface area contributed by atoms with Gasteiger partial charge in [0.25, 0.3) is 5.91 Å². The molecular weight excluding hydrogens is 408 g/mol. The number of hydrogen-bond acceptors (Lipinski definition) is 4. The summed E-state index contributed by atoms with van der Waals surface area (Å²) in [6, 6.07) is 19.0. The molecule has 0 atom stereocenters. The summed E-state index contributed by atoms with van der Waals surface area (Å²) in [6.07, 6.45) is 0. The first-order chi connectivity index (χ1) is 13.0. The topological polar surface area (TPSA) is 54.7 Å². The third-order valence-corrected chi connectivity index (χ3v) is 4.51. The molecule has 1 heterocycles. The number of carbonyl (C=O) groups is 1. The fourth-order valence-electron chi connectivity index (χ4n) is 2.44. The molecule has 1 N–H and O–H groups in total. The van der Waals surface area contributed by atoms with Gasteiger partial charge in [0, 0.05) is 30.8 Å². The van der Waals surface area contributed by atoms with Crippen molar-refractivity contribution in [2.75, 3.05) is 19.0 Å². The minimum absolute atomic E-state index is 0.249. The van der Waals surface area contributed by atoms with E-state index < -0.39 is 0 Å². The molecule has 0 unspecified atom stereocenters. The van der Waals surface area contributed by atoms with Crippen molar-refractivity contribution in [1.82, 2.24) is 5.32 Å². The van der Waals surface area contributed by atoms with E-state index >= 15 is 0 Å². The summed E-state index contributed by atoms with van der Waals surface area (Å²) in [5, 5.41) is 2.86. The van der Waals surface area contributed by atoms with E-state index in [-0.39, 0.29) is 18.3 Å². The number of benzene rings is 2. The van der Waals surface area contributed by atoms with Crippen LogP contribution in [0.5, 0.6) is 5.75 Å². The highest BCUT2D eigenvalue weighted by Gasteiger charge is 2.11. The van der Waals surface area contributed by atoms with Gasteiger partial charge in [0.1, 0.15) is 18.1 Å². The molecule has 27 heavy (non-hydrogen) atoms. The minimum Gasteiger partial charge on any atom is -0.486 e. The van der Waals surface area contributed by atoms with Crippen LogP contribution in [0.25, 0.3) is 0 Å². The summed E-state index contributed by atoms with van der Waals surface area (Å²) < 4.78 is 12.2. The molecule has 0 radical (unpaired) electrons. The second kappa shape index (κ2) is 8.77. The fourth-order valence-corrected chi connectivity index (χ4v) is 2.71. The Balaban J connectivity index is 1.51. The SMILES string of the molecule is CN(C)c1ccc(CNC(=O)c2ccc(COc3ccc(Br)cc3)o2)cc1. The van der Waals surface area contributed by atoms with E-state index in [2.05, 4.69) is 21.2 Å².